The third-order valence-corrected chi connectivity index (χ3v) is 4.72. The van der Waals surface area contributed by atoms with Crippen LogP contribution in [0.5, 0.6) is 0 Å². The van der Waals surface area contributed by atoms with Crippen LogP contribution in [0.2, 0.25) is 0 Å². The number of para-hydroxylation sites is 1. The highest BCUT2D eigenvalue weighted by atomic mass is 16.2. The molecule has 28 heavy (non-hydrogen) atoms. The first-order valence-corrected chi connectivity index (χ1v) is 9.36. The van der Waals surface area contributed by atoms with E-state index in [9.17, 15) is 4.79 Å². The third kappa shape index (κ3) is 4.25. The van der Waals surface area contributed by atoms with Crippen molar-refractivity contribution in [2.45, 2.75) is 6.54 Å². The molecular formula is C21H22N6O. The lowest BCUT2D eigenvalue weighted by Crippen LogP contribution is -2.49. The fourth-order valence-corrected chi connectivity index (χ4v) is 3.20. The molecular weight excluding hydrogens is 352 g/mol. The predicted molar refractivity (Wildman–Crippen MR) is 108 cm³/mol. The van der Waals surface area contributed by atoms with Gasteiger partial charge in [0.25, 0.3) is 5.91 Å². The molecule has 142 valence electrons. The Morgan fingerprint density at radius 2 is 1.68 bits per heavy atom. The number of amides is 1. The maximum absolute atomic E-state index is 12.8. The van der Waals surface area contributed by atoms with Gasteiger partial charge in [-0.25, -0.2) is 9.97 Å². The Kier molecular flexibility index (Phi) is 5.42. The van der Waals surface area contributed by atoms with Crippen LogP contribution in [-0.4, -0.2) is 51.9 Å². The molecule has 1 amide bonds. The average molecular weight is 374 g/mol. The Balaban J connectivity index is 1.36. The molecule has 1 aromatic carbocycles. The molecule has 0 bridgehead atoms. The van der Waals surface area contributed by atoms with Gasteiger partial charge >= 0.3 is 0 Å². The average Bonchev–Trinajstić information content (AvgIpc) is 2.79. The van der Waals surface area contributed by atoms with Crippen LogP contribution in [0.4, 0.5) is 11.6 Å². The quantitative estimate of drug-likeness (QED) is 0.739. The summed E-state index contributed by atoms with van der Waals surface area (Å²) in [6, 6.07) is 17.7. The van der Waals surface area contributed by atoms with Crippen LogP contribution in [0.3, 0.4) is 0 Å². The highest BCUT2D eigenvalue weighted by Gasteiger charge is 2.23. The van der Waals surface area contributed by atoms with Crippen LogP contribution in [0.25, 0.3) is 0 Å². The van der Waals surface area contributed by atoms with Gasteiger partial charge in [-0.3, -0.25) is 9.78 Å². The third-order valence-electron chi connectivity index (χ3n) is 4.72. The molecule has 7 nitrogen and oxygen atoms in total. The van der Waals surface area contributed by atoms with E-state index in [0.717, 1.165) is 18.8 Å². The Morgan fingerprint density at radius 1 is 0.893 bits per heavy atom. The zero-order valence-corrected chi connectivity index (χ0v) is 15.5. The number of benzene rings is 1. The van der Waals surface area contributed by atoms with Crippen LogP contribution in [0, 0.1) is 0 Å². The van der Waals surface area contributed by atoms with Crippen molar-refractivity contribution in [1.29, 1.82) is 0 Å². The second-order valence-corrected chi connectivity index (χ2v) is 6.55. The molecule has 1 saturated heterocycles. The van der Waals surface area contributed by atoms with Gasteiger partial charge < -0.3 is 15.1 Å². The maximum atomic E-state index is 12.8. The summed E-state index contributed by atoms with van der Waals surface area (Å²) in [6.45, 7) is 3.48. The lowest BCUT2D eigenvalue weighted by molar-refractivity contribution is 0.0741. The Labute approximate surface area is 164 Å². The minimum atomic E-state index is -0.0593. The summed E-state index contributed by atoms with van der Waals surface area (Å²) < 4.78 is 0. The van der Waals surface area contributed by atoms with Crippen molar-refractivity contribution in [2.75, 3.05) is 36.4 Å². The van der Waals surface area contributed by atoms with E-state index in [1.807, 2.05) is 41.3 Å². The lowest BCUT2D eigenvalue weighted by atomic mass is 10.2. The molecule has 1 aliphatic rings. The number of aromatic nitrogens is 3. The largest absolute Gasteiger partial charge is 0.368 e. The van der Waals surface area contributed by atoms with Crippen molar-refractivity contribution in [3.05, 3.63) is 78.4 Å². The van der Waals surface area contributed by atoms with Gasteiger partial charge in [-0.1, -0.05) is 24.3 Å². The molecule has 0 atom stereocenters. The van der Waals surface area contributed by atoms with Gasteiger partial charge in [-0.15, -0.1) is 0 Å². The van der Waals surface area contributed by atoms with Crippen molar-refractivity contribution >= 4 is 17.5 Å². The normalized spacial score (nSPS) is 14.0. The molecule has 1 aliphatic heterocycles. The zero-order chi connectivity index (χ0) is 19.2. The van der Waals surface area contributed by atoms with Gasteiger partial charge in [0.15, 0.2) is 0 Å². The number of pyridine rings is 1. The Hall–Kier alpha value is -3.48. The van der Waals surface area contributed by atoms with Crippen molar-refractivity contribution in [3.63, 3.8) is 0 Å². The lowest BCUT2D eigenvalue weighted by Gasteiger charge is -2.36. The van der Waals surface area contributed by atoms with Crippen LogP contribution < -0.4 is 10.2 Å². The standard InChI is InChI=1S/C21H22N6O/c28-20(27-14-12-26(13-15-27)18-7-2-1-3-8-18)19-9-11-23-21(25-19)24-16-17-6-4-5-10-22-17/h1-11H,12-16H2,(H,23,24,25). The Bertz CT molecular complexity index is 910. The molecule has 0 spiro atoms. The highest BCUT2D eigenvalue weighted by Crippen LogP contribution is 2.16. The highest BCUT2D eigenvalue weighted by molar-refractivity contribution is 5.92. The minimum absolute atomic E-state index is 0.0593. The molecule has 2 aromatic heterocycles. The molecule has 7 heteroatoms. The second kappa shape index (κ2) is 8.47. The summed E-state index contributed by atoms with van der Waals surface area (Å²) in [7, 11) is 0. The van der Waals surface area contributed by atoms with E-state index < -0.39 is 0 Å². The summed E-state index contributed by atoms with van der Waals surface area (Å²) in [5, 5.41) is 3.12. The first-order valence-electron chi connectivity index (χ1n) is 9.36. The van der Waals surface area contributed by atoms with Crippen LogP contribution in [0.1, 0.15) is 16.2 Å². The second-order valence-electron chi connectivity index (χ2n) is 6.55. The molecule has 0 radical (unpaired) electrons. The molecule has 1 N–H and O–H groups in total. The number of piperazine rings is 1. The van der Waals surface area contributed by atoms with E-state index in [-0.39, 0.29) is 5.91 Å². The molecule has 1 fully saturated rings. The molecule has 3 aromatic rings. The summed E-state index contributed by atoms with van der Waals surface area (Å²) in [6.07, 6.45) is 3.36. The number of rotatable bonds is 5. The number of hydrogen-bond donors (Lipinski definition) is 1. The number of nitrogens with one attached hydrogen (secondary N) is 1. The summed E-state index contributed by atoms with van der Waals surface area (Å²) in [5.74, 6) is 0.371. The van der Waals surface area contributed by atoms with E-state index in [1.165, 1.54) is 5.69 Å². The smallest absolute Gasteiger partial charge is 0.272 e. The van der Waals surface area contributed by atoms with Crippen molar-refractivity contribution in [2.24, 2.45) is 0 Å². The van der Waals surface area contributed by atoms with Crippen molar-refractivity contribution < 1.29 is 4.79 Å². The first-order chi connectivity index (χ1) is 13.8. The zero-order valence-electron chi connectivity index (χ0n) is 15.5. The van der Waals surface area contributed by atoms with Crippen LogP contribution in [0.15, 0.2) is 67.0 Å². The van der Waals surface area contributed by atoms with E-state index in [4.69, 9.17) is 0 Å². The molecule has 0 saturated carbocycles. The number of carbonyl (C=O) groups excluding carboxylic acids is 1. The van der Waals surface area contributed by atoms with Crippen LogP contribution >= 0.6 is 0 Å². The van der Waals surface area contributed by atoms with E-state index in [2.05, 4.69) is 37.3 Å². The molecule has 4 rings (SSSR count). The monoisotopic (exact) mass is 374 g/mol. The van der Waals surface area contributed by atoms with Gasteiger partial charge in [-0.05, 0) is 30.3 Å². The van der Waals surface area contributed by atoms with Crippen LogP contribution in [-0.2, 0) is 6.54 Å². The van der Waals surface area contributed by atoms with Gasteiger partial charge in [-0.2, -0.15) is 0 Å². The minimum Gasteiger partial charge on any atom is -0.368 e. The summed E-state index contributed by atoms with van der Waals surface area (Å²) in [4.78, 5) is 29.8. The van der Waals surface area contributed by atoms with Gasteiger partial charge in [0, 0.05) is 44.3 Å². The summed E-state index contributed by atoms with van der Waals surface area (Å²) >= 11 is 0. The number of nitrogens with zero attached hydrogens (tertiary/aromatic N) is 5. The number of anilines is 2. The Morgan fingerprint density at radius 3 is 2.43 bits per heavy atom. The first kappa shape index (κ1) is 17.9. The van der Waals surface area contributed by atoms with Gasteiger partial charge in [0.1, 0.15) is 5.69 Å². The van der Waals surface area contributed by atoms with E-state index in [0.29, 0.717) is 31.3 Å². The van der Waals surface area contributed by atoms with E-state index >= 15 is 0 Å². The fourth-order valence-electron chi connectivity index (χ4n) is 3.20. The molecule has 0 unspecified atom stereocenters. The van der Waals surface area contributed by atoms with Crippen molar-refractivity contribution in [1.82, 2.24) is 19.9 Å². The predicted octanol–water partition coefficient (Wildman–Crippen LogP) is 2.45. The fraction of sp³-hybridized carbons (Fsp3) is 0.238. The van der Waals surface area contributed by atoms with Gasteiger partial charge in [0.2, 0.25) is 5.95 Å². The number of hydrogen-bond acceptors (Lipinski definition) is 6. The molecule has 0 aliphatic carbocycles. The molecule has 3 heterocycles. The maximum Gasteiger partial charge on any atom is 0.272 e. The SMILES string of the molecule is O=C(c1ccnc(NCc2ccccn2)n1)N1CCN(c2ccccc2)CC1. The van der Waals surface area contributed by atoms with Crippen molar-refractivity contribution in [3.8, 4) is 0 Å². The van der Waals surface area contributed by atoms with Gasteiger partial charge in [0.05, 0.1) is 12.2 Å². The number of carbonyl (C=O) groups is 1. The topological polar surface area (TPSA) is 74.2 Å². The van der Waals surface area contributed by atoms with E-state index in [1.54, 1.807) is 18.5 Å². The summed E-state index contributed by atoms with van der Waals surface area (Å²) in [5.41, 5.74) is 2.49.